The number of benzene rings is 2. The largest absolute Gasteiger partial charge is 0.508 e. The topological polar surface area (TPSA) is 25.2 Å². The Morgan fingerprint density at radius 2 is 1.75 bits per heavy atom. The highest BCUT2D eigenvalue weighted by Crippen LogP contribution is 2.30. The van der Waals surface area contributed by atoms with Crippen LogP contribution in [0.5, 0.6) is 5.75 Å². The summed E-state index contributed by atoms with van der Waals surface area (Å²) in [6, 6.07) is 13.6. The summed E-state index contributed by atoms with van der Waals surface area (Å²) in [5, 5.41) is 11.8. The average Bonchev–Trinajstić information content (AvgIpc) is 2.61. The number of para-hydroxylation sites is 1. The van der Waals surface area contributed by atoms with E-state index in [2.05, 4.69) is 12.6 Å². The molecule has 0 saturated heterocycles. The molecular weight excluding hydrogens is 198 g/mol. The van der Waals surface area contributed by atoms with Crippen molar-refractivity contribution >= 4 is 28.0 Å². The van der Waals surface area contributed by atoms with Gasteiger partial charge >= 0.3 is 0 Å². The fraction of sp³-hybridized carbons (Fsp3) is 0. The monoisotopic (exact) mass is 209 g/mol. The zero-order chi connectivity index (χ0) is 11.1. The van der Waals surface area contributed by atoms with Crippen LogP contribution >= 0.6 is 0 Å². The molecule has 2 aromatic carbocycles. The minimum Gasteiger partial charge on any atom is -0.508 e. The molecule has 0 aliphatic rings. The molecule has 0 unspecified atom stereocenters. The second-order valence-electron chi connectivity index (χ2n) is 3.77. The van der Waals surface area contributed by atoms with Gasteiger partial charge in [0.2, 0.25) is 0 Å². The molecule has 1 aromatic heterocycles. The molecule has 0 atom stereocenters. The highest BCUT2D eigenvalue weighted by Gasteiger charge is 2.08. The molecule has 0 spiro atoms. The third kappa shape index (κ3) is 1.07. The molecule has 0 amide bonds. The Labute approximate surface area is 93.0 Å². The quantitative estimate of drug-likeness (QED) is 0.650. The maximum atomic E-state index is 9.53. The van der Waals surface area contributed by atoms with Crippen molar-refractivity contribution in [2.24, 2.45) is 0 Å². The van der Waals surface area contributed by atoms with E-state index in [1.807, 2.05) is 28.8 Å². The molecule has 0 radical (unpaired) electrons. The molecule has 3 aromatic rings. The number of fused-ring (bicyclic) bond motifs is 3. The molecule has 0 fully saturated rings. The lowest BCUT2D eigenvalue weighted by atomic mass is 10.1. The summed E-state index contributed by atoms with van der Waals surface area (Å²) in [5.74, 6) is 0.276. The first-order chi connectivity index (χ1) is 7.81. The Hall–Kier alpha value is -2.22. The summed E-state index contributed by atoms with van der Waals surface area (Å²) in [6.45, 7) is 3.81. The number of rotatable bonds is 1. The van der Waals surface area contributed by atoms with Gasteiger partial charge in [-0.25, -0.2) is 0 Å². The number of hydrogen-bond donors (Lipinski definition) is 1. The molecule has 2 nitrogen and oxygen atoms in total. The van der Waals surface area contributed by atoms with E-state index in [-0.39, 0.29) is 5.75 Å². The molecule has 0 aliphatic carbocycles. The Kier molecular flexibility index (Phi) is 1.77. The summed E-state index contributed by atoms with van der Waals surface area (Å²) in [4.78, 5) is 0. The van der Waals surface area contributed by atoms with Crippen molar-refractivity contribution in [1.29, 1.82) is 0 Å². The Balaban J connectivity index is 2.63. The number of phenolic OH excluding ortho intramolecular Hbond substituents is 1. The zero-order valence-corrected chi connectivity index (χ0v) is 8.72. The molecular formula is C14H11NO. The van der Waals surface area contributed by atoms with Crippen LogP contribution in [0.3, 0.4) is 0 Å². The van der Waals surface area contributed by atoms with E-state index in [4.69, 9.17) is 0 Å². The molecule has 1 N–H and O–H groups in total. The Morgan fingerprint density at radius 3 is 2.56 bits per heavy atom. The summed E-state index contributed by atoms with van der Waals surface area (Å²) in [6.07, 6.45) is 1.77. The van der Waals surface area contributed by atoms with Crippen molar-refractivity contribution in [1.82, 2.24) is 4.57 Å². The van der Waals surface area contributed by atoms with Crippen LogP contribution in [0.2, 0.25) is 0 Å². The first-order valence-corrected chi connectivity index (χ1v) is 5.15. The van der Waals surface area contributed by atoms with E-state index in [1.54, 1.807) is 18.3 Å². The lowest BCUT2D eigenvalue weighted by molar-refractivity contribution is 0.476. The maximum Gasteiger partial charge on any atom is 0.117 e. The number of hydrogen-bond acceptors (Lipinski definition) is 1. The predicted molar refractivity (Wildman–Crippen MR) is 67.5 cm³/mol. The van der Waals surface area contributed by atoms with Crippen molar-refractivity contribution < 1.29 is 5.11 Å². The lowest BCUT2D eigenvalue weighted by Crippen LogP contribution is -1.83. The van der Waals surface area contributed by atoms with Crippen molar-refractivity contribution in [2.75, 3.05) is 0 Å². The second kappa shape index (κ2) is 3.14. The maximum absolute atomic E-state index is 9.53. The minimum atomic E-state index is 0.276. The molecule has 3 rings (SSSR count). The van der Waals surface area contributed by atoms with E-state index in [0.717, 1.165) is 16.4 Å². The van der Waals surface area contributed by atoms with Gasteiger partial charge in [0.1, 0.15) is 5.75 Å². The average molecular weight is 209 g/mol. The smallest absolute Gasteiger partial charge is 0.117 e. The van der Waals surface area contributed by atoms with E-state index < -0.39 is 0 Å². The third-order valence-electron chi connectivity index (χ3n) is 2.88. The van der Waals surface area contributed by atoms with Crippen LogP contribution in [0.15, 0.2) is 49.0 Å². The second-order valence-corrected chi connectivity index (χ2v) is 3.77. The number of aromatic nitrogens is 1. The van der Waals surface area contributed by atoms with E-state index in [0.29, 0.717) is 0 Å². The van der Waals surface area contributed by atoms with Gasteiger partial charge < -0.3 is 9.67 Å². The number of nitrogens with zero attached hydrogens (tertiary/aromatic N) is 1. The van der Waals surface area contributed by atoms with Gasteiger partial charge in [-0.15, -0.1) is 0 Å². The summed E-state index contributed by atoms with van der Waals surface area (Å²) in [5.41, 5.74) is 2.09. The van der Waals surface area contributed by atoms with Crippen LogP contribution in [0.25, 0.3) is 28.0 Å². The fourth-order valence-electron chi connectivity index (χ4n) is 2.19. The van der Waals surface area contributed by atoms with Gasteiger partial charge in [0, 0.05) is 23.0 Å². The van der Waals surface area contributed by atoms with E-state index >= 15 is 0 Å². The molecule has 0 bridgehead atoms. The number of phenols is 1. The molecule has 1 heterocycles. The van der Waals surface area contributed by atoms with Crippen LogP contribution in [-0.2, 0) is 0 Å². The van der Waals surface area contributed by atoms with Crippen molar-refractivity contribution in [3.05, 3.63) is 49.0 Å². The van der Waals surface area contributed by atoms with Crippen molar-refractivity contribution in [3.63, 3.8) is 0 Å². The first kappa shape index (κ1) is 9.04. The van der Waals surface area contributed by atoms with Gasteiger partial charge in [-0.2, -0.15) is 0 Å². The standard InChI is InChI=1S/C14H11NO/c1-2-15-13-6-4-3-5-11(13)12-8-7-10(16)9-14(12)15/h2-9,16H,1H2. The van der Waals surface area contributed by atoms with Crippen LogP contribution < -0.4 is 0 Å². The number of aromatic hydroxyl groups is 1. The molecule has 78 valence electrons. The van der Waals surface area contributed by atoms with E-state index in [1.165, 1.54) is 5.39 Å². The van der Waals surface area contributed by atoms with Crippen molar-refractivity contribution in [2.45, 2.75) is 0 Å². The SMILES string of the molecule is C=Cn1c2ccccc2c2ccc(O)cc21. The van der Waals surface area contributed by atoms with Gasteiger partial charge in [-0.1, -0.05) is 24.8 Å². The molecule has 2 heteroatoms. The summed E-state index contributed by atoms with van der Waals surface area (Å²) < 4.78 is 1.99. The summed E-state index contributed by atoms with van der Waals surface area (Å²) in [7, 11) is 0. The van der Waals surface area contributed by atoms with Gasteiger partial charge in [0.05, 0.1) is 11.0 Å². The first-order valence-electron chi connectivity index (χ1n) is 5.15. The zero-order valence-electron chi connectivity index (χ0n) is 8.72. The molecule has 0 aliphatic heterocycles. The normalized spacial score (nSPS) is 11.0. The van der Waals surface area contributed by atoms with Crippen LogP contribution in [0, 0.1) is 0 Å². The minimum absolute atomic E-state index is 0.276. The van der Waals surface area contributed by atoms with Crippen molar-refractivity contribution in [3.8, 4) is 5.75 Å². The van der Waals surface area contributed by atoms with Crippen LogP contribution in [0.4, 0.5) is 0 Å². The van der Waals surface area contributed by atoms with Gasteiger partial charge in [0.25, 0.3) is 0 Å². The Bertz CT molecular complexity index is 694. The van der Waals surface area contributed by atoms with Gasteiger partial charge in [-0.05, 0) is 18.2 Å². The van der Waals surface area contributed by atoms with Gasteiger partial charge in [-0.3, -0.25) is 0 Å². The Morgan fingerprint density at radius 1 is 1.00 bits per heavy atom. The fourth-order valence-corrected chi connectivity index (χ4v) is 2.19. The van der Waals surface area contributed by atoms with Crippen LogP contribution in [-0.4, -0.2) is 9.67 Å². The predicted octanol–water partition coefficient (Wildman–Crippen LogP) is 3.60. The lowest BCUT2D eigenvalue weighted by Gasteiger charge is -1.98. The molecule has 16 heavy (non-hydrogen) atoms. The van der Waals surface area contributed by atoms with E-state index in [9.17, 15) is 5.11 Å². The highest BCUT2D eigenvalue weighted by molar-refractivity contribution is 6.09. The highest BCUT2D eigenvalue weighted by atomic mass is 16.3. The van der Waals surface area contributed by atoms with Crippen LogP contribution in [0.1, 0.15) is 0 Å². The van der Waals surface area contributed by atoms with Gasteiger partial charge in [0.15, 0.2) is 0 Å². The molecule has 0 saturated carbocycles. The summed E-state index contributed by atoms with van der Waals surface area (Å²) >= 11 is 0. The third-order valence-corrected chi connectivity index (χ3v) is 2.88.